The zero-order valence-electron chi connectivity index (χ0n) is 14.6. The standard InChI is InChI=1S/C19H19N3O2S2/c1-24-15-7-4-8-16-17(15)21-19(26-16)22-10-12(11-22)18(23)20-13-5-3-6-14(9-13)25-2/h3-9,12H,10-11H2,1-2H3,(H,20,23). The van der Waals surface area contributed by atoms with Crippen LogP contribution in [-0.4, -0.2) is 37.3 Å². The monoisotopic (exact) mass is 385 g/mol. The summed E-state index contributed by atoms with van der Waals surface area (Å²) in [5.74, 6) is 0.841. The first kappa shape index (κ1) is 17.2. The molecule has 1 amide bonds. The number of nitrogens with zero attached hydrogens (tertiary/aromatic N) is 2. The molecule has 134 valence electrons. The number of para-hydroxylation sites is 1. The fraction of sp³-hybridized carbons (Fsp3) is 0.263. The molecule has 4 rings (SSSR count). The molecule has 0 bridgehead atoms. The van der Waals surface area contributed by atoms with Gasteiger partial charge in [0, 0.05) is 23.7 Å². The predicted molar refractivity (Wildman–Crippen MR) is 109 cm³/mol. The minimum absolute atomic E-state index is 0.0122. The number of benzene rings is 2. The number of carbonyl (C=O) groups excluding carboxylic acids is 1. The van der Waals surface area contributed by atoms with Gasteiger partial charge in [-0.1, -0.05) is 23.5 Å². The van der Waals surface area contributed by atoms with E-state index in [0.29, 0.717) is 13.1 Å². The van der Waals surface area contributed by atoms with Crippen LogP contribution in [-0.2, 0) is 4.79 Å². The van der Waals surface area contributed by atoms with Crippen LogP contribution in [0.4, 0.5) is 10.8 Å². The second kappa shape index (κ2) is 7.17. The van der Waals surface area contributed by atoms with E-state index < -0.39 is 0 Å². The lowest BCUT2D eigenvalue weighted by molar-refractivity contribution is -0.120. The van der Waals surface area contributed by atoms with Crippen LogP contribution in [0.15, 0.2) is 47.4 Å². The summed E-state index contributed by atoms with van der Waals surface area (Å²) >= 11 is 3.30. The third-order valence-corrected chi connectivity index (χ3v) is 6.26. The third kappa shape index (κ3) is 3.24. The van der Waals surface area contributed by atoms with Gasteiger partial charge in [-0.15, -0.1) is 11.8 Å². The third-order valence-electron chi connectivity index (χ3n) is 4.45. The van der Waals surface area contributed by atoms with Crippen LogP contribution < -0.4 is 15.0 Å². The number of ether oxygens (including phenoxy) is 1. The SMILES string of the molecule is COc1cccc2sc(N3CC(C(=O)Nc4cccc(SC)c4)C3)nc12. The Balaban J connectivity index is 1.41. The van der Waals surface area contributed by atoms with Crippen molar-refractivity contribution < 1.29 is 9.53 Å². The smallest absolute Gasteiger partial charge is 0.231 e. The molecule has 3 aromatic rings. The van der Waals surface area contributed by atoms with E-state index in [9.17, 15) is 4.79 Å². The second-order valence-corrected chi connectivity index (χ2v) is 8.02. The van der Waals surface area contributed by atoms with Gasteiger partial charge in [-0.25, -0.2) is 4.98 Å². The zero-order chi connectivity index (χ0) is 18.1. The number of carbonyl (C=O) groups is 1. The van der Waals surface area contributed by atoms with Crippen LogP contribution in [0.25, 0.3) is 10.2 Å². The molecule has 1 aromatic heterocycles. The molecule has 7 heteroatoms. The van der Waals surface area contributed by atoms with Crippen molar-refractivity contribution in [1.29, 1.82) is 0 Å². The average molecular weight is 386 g/mol. The van der Waals surface area contributed by atoms with E-state index in [0.717, 1.165) is 31.7 Å². The molecule has 5 nitrogen and oxygen atoms in total. The van der Waals surface area contributed by atoms with Crippen molar-refractivity contribution in [1.82, 2.24) is 4.98 Å². The summed E-state index contributed by atoms with van der Waals surface area (Å²) in [4.78, 5) is 20.4. The van der Waals surface area contributed by atoms with Crippen molar-refractivity contribution in [2.45, 2.75) is 4.90 Å². The zero-order valence-corrected chi connectivity index (χ0v) is 16.2. The number of aromatic nitrogens is 1. The average Bonchev–Trinajstić information content (AvgIpc) is 3.04. The Morgan fingerprint density at radius 2 is 2.12 bits per heavy atom. The fourth-order valence-electron chi connectivity index (χ4n) is 2.96. The van der Waals surface area contributed by atoms with E-state index in [1.807, 2.05) is 48.7 Å². The molecule has 0 saturated carbocycles. The molecular weight excluding hydrogens is 366 g/mol. The minimum atomic E-state index is -0.0122. The predicted octanol–water partition coefficient (Wildman–Crippen LogP) is 4.10. The molecule has 1 fully saturated rings. The van der Waals surface area contributed by atoms with Crippen LogP contribution in [0.5, 0.6) is 5.75 Å². The van der Waals surface area contributed by atoms with Gasteiger partial charge >= 0.3 is 0 Å². The van der Waals surface area contributed by atoms with Crippen molar-refractivity contribution in [2.75, 3.05) is 36.7 Å². The molecule has 2 heterocycles. The molecule has 0 atom stereocenters. The first-order chi connectivity index (χ1) is 12.7. The largest absolute Gasteiger partial charge is 0.494 e. The molecular formula is C19H19N3O2S2. The maximum atomic E-state index is 12.5. The lowest BCUT2D eigenvalue weighted by atomic mass is 10.00. The van der Waals surface area contributed by atoms with Crippen molar-refractivity contribution in [3.05, 3.63) is 42.5 Å². The van der Waals surface area contributed by atoms with Crippen LogP contribution in [0.2, 0.25) is 0 Å². The van der Waals surface area contributed by atoms with E-state index in [2.05, 4.69) is 10.2 Å². The molecule has 1 saturated heterocycles. The maximum absolute atomic E-state index is 12.5. The maximum Gasteiger partial charge on any atom is 0.231 e. The molecule has 0 radical (unpaired) electrons. The molecule has 1 aliphatic rings. The van der Waals surface area contributed by atoms with Crippen molar-refractivity contribution in [3.63, 3.8) is 0 Å². The Morgan fingerprint density at radius 3 is 2.88 bits per heavy atom. The Labute approximate surface area is 160 Å². The lowest BCUT2D eigenvalue weighted by Gasteiger charge is -2.37. The molecule has 2 aromatic carbocycles. The van der Waals surface area contributed by atoms with Gasteiger partial charge in [-0.05, 0) is 36.6 Å². The number of anilines is 2. The van der Waals surface area contributed by atoms with Crippen LogP contribution in [0.3, 0.4) is 0 Å². The number of nitrogens with one attached hydrogen (secondary N) is 1. The highest BCUT2D eigenvalue weighted by Crippen LogP contribution is 2.36. The van der Waals surface area contributed by atoms with E-state index in [1.54, 1.807) is 30.2 Å². The Kier molecular flexibility index (Phi) is 4.74. The number of thiazole rings is 1. The van der Waals surface area contributed by atoms with Gasteiger partial charge in [0.05, 0.1) is 17.7 Å². The van der Waals surface area contributed by atoms with Crippen molar-refractivity contribution in [3.8, 4) is 5.75 Å². The minimum Gasteiger partial charge on any atom is -0.494 e. The molecule has 0 unspecified atom stereocenters. The quantitative estimate of drug-likeness (QED) is 0.670. The topological polar surface area (TPSA) is 54.5 Å². The summed E-state index contributed by atoms with van der Waals surface area (Å²) in [7, 11) is 1.66. The summed E-state index contributed by atoms with van der Waals surface area (Å²) in [6, 6.07) is 13.9. The summed E-state index contributed by atoms with van der Waals surface area (Å²) in [6.45, 7) is 1.38. The fourth-order valence-corrected chi connectivity index (χ4v) is 4.42. The van der Waals surface area contributed by atoms with Crippen LogP contribution >= 0.6 is 23.1 Å². The Hall–Kier alpha value is -2.25. The Morgan fingerprint density at radius 1 is 1.31 bits per heavy atom. The highest BCUT2D eigenvalue weighted by atomic mass is 32.2. The van der Waals surface area contributed by atoms with Crippen molar-refractivity contribution in [2.24, 2.45) is 5.92 Å². The number of thioether (sulfide) groups is 1. The molecule has 0 aliphatic carbocycles. The summed E-state index contributed by atoms with van der Waals surface area (Å²) in [5.41, 5.74) is 1.74. The Bertz CT molecular complexity index is 951. The first-order valence-electron chi connectivity index (χ1n) is 8.31. The van der Waals surface area contributed by atoms with E-state index in [1.165, 1.54) is 0 Å². The van der Waals surface area contributed by atoms with Gasteiger partial charge in [-0.2, -0.15) is 0 Å². The molecule has 1 N–H and O–H groups in total. The molecule has 0 spiro atoms. The van der Waals surface area contributed by atoms with E-state index in [-0.39, 0.29) is 11.8 Å². The highest BCUT2D eigenvalue weighted by molar-refractivity contribution is 7.98. The number of fused-ring (bicyclic) bond motifs is 1. The van der Waals surface area contributed by atoms with Gasteiger partial charge in [-0.3, -0.25) is 4.79 Å². The number of rotatable bonds is 5. The lowest BCUT2D eigenvalue weighted by Crippen LogP contribution is -2.52. The van der Waals surface area contributed by atoms with Gasteiger partial charge in [0.25, 0.3) is 0 Å². The summed E-state index contributed by atoms with van der Waals surface area (Å²) in [5, 5.41) is 3.96. The van der Waals surface area contributed by atoms with Gasteiger partial charge in [0.2, 0.25) is 5.91 Å². The number of amides is 1. The van der Waals surface area contributed by atoms with Gasteiger partial charge in [0.1, 0.15) is 11.3 Å². The summed E-state index contributed by atoms with van der Waals surface area (Å²) < 4.78 is 6.47. The molecule has 26 heavy (non-hydrogen) atoms. The van der Waals surface area contributed by atoms with Crippen LogP contribution in [0.1, 0.15) is 0 Å². The highest BCUT2D eigenvalue weighted by Gasteiger charge is 2.34. The normalized spacial score (nSPS) is 14.3. The number of hydrogen-bond donors (Lipinski definition) is 1. The van der Waals surface area contributed by atoms with Crippen LogP contribution in [0, 0.1) is 5.92 Å². The van der Waals surface area contributed by atoms with Crippen molar-refractivity contribution >= 4 is 50.0 Å². The van der Waals surface area contributed by atoms with E-state index in [4.69, 9.17) is 9.72 Å². The van der Waals surface area contributed by atoms with Gasteiger partial charge in [0.15, 0.2) is 5.13 Å². The number of hydrogen-bond acceptors (Lipinski definition) is 6. The first-order valence-corrected chi connectivity index (χ1v) is 10.4. The van der Waals surface area contributed by atoms with Gasteiger partial charge < -0.3 is 15.0 Å². The molecule has 1 aliphatic heterocycles. The summed E-state index contributed by atoms with van der Waals surface area (Å²) in [6.07, 6.45) is 2.03. The van der Waals surface area contributed by atoms with E-state index >= 15 is 0 Å². The second-order valence-electron chi connectivity index (χ2n) is 6.13. The number of methoxy groups -OCH3 is 1.